The Morgan fingerprint density at radius 1 is 1.27 bits per heavy atom. The van der Waals surface area contributed by atoms with E-state index in [2.05, 4.69) is 11.9 Å². The van der Waals surface area contributed by atoms with Crippen LogP contribution in [0.5, 0.6) is 0 Å². The largest absolute Gasteiger partial charge is 0.467 e. The van der Waals surface area contributed by atoms with Crippen LogP contribution < -0.4 is 4.90 Å². The number of nitrogens with zero attached hydrogens (tertiary/aromatic N) is 2. The number of hydrogen-bond donors (Lipinski definition) is 0. The third-order valence-corrected chi connectivity index (χ3v) is 4.51. The molecule has 0 aliphatic rings. The molecular weight excluding hydrogens is 296 g/mol. The second-order valence-corrected chi connectivity index (χ2v) is 6.14. The van der Waals surface area contributed by atoms with Gasteiger partial charge in [-0.15, -0.1) is 0 Å². The average molecular weight is 314 g/mol. The van der Waals surface area contributed by atoms with Crippen molar-refractivity contribution in [2.45, 2.75) is 32.7 Å². The van der Waals surface area contributed by atoms with Gasteiger partial charge in [-0.1, -0.05) is 36.8 Å². The van der Waals surface area contributed by atoms with Gasteiger partial charge in [-0.25, -0.2) is 4.98 Å². The van der Waals surface area contributed by atoms with Gasteiger partial charge in [-0.05, 0) is 30.7 Å². The molecule has 0 bridgehead atoms. The maximum atomic E-state index is 12.6. The summed E-state index contributed by atoms with van der Waals surface area (Å²) in [6.07, 6.45) is 4.05. The van der Waals surface area contributed by atoms with Crippen molar-refractivity contribution in [2.75, 3.05) is 4.90 Å². The molecule has 114 valence electrons. The second kappa shape index (κ2) is 6.75. The maximum absolute atomic E-state index is 12.6. The van der Waals surface area contributed by atoms with Crippen molar-refractivity contribution in [1.82, 2.24) is 4.98 Å². The SMILES string of the molecule is CCCCC(=O)N(Cc1ccco1)c1nc2ccccc2s1. The van der Waals surface area contributed by atoms with Crippen molar-refractivity contribution in [1.29, 1.82) is 0 Å². The van der Waals surface area contributed by atoms with Gasteiger partial charge in [0.25, 0.3) is 0 Å². The van der Waals surface area contributed by atoms with Gasteiger partial charge < -0.3 is 4.42 Å². The molecule has 3 rings (SSSR count). The van der Waals surface area contributed by atoms with Crippen LogP contribution in [0.4, 0.5) is 5.13 Å². The number of carbonyl (C=O) groups excluding carboxylic acids is 1. The van der Waals surface area contributed by atoms with Crippen LogP contribution in [0.25, 0.3) is 10.2 Å². The first kappa shape index (κ1) is 14.8. The van der Waals surface area contributed by atoms with Crippen LogP contribution in [0.3, 0.4) is 0 Å². The fourth-order valence-electron chi connectivity index (χ4n) is 2.26. The molecule has 0 atom stereocenters. The van der Waals surface area contributed by atoms with E-state index >= 15 is 0 Å². The molecule has 0 aliphatic heterocycles. The Labute approximate surface area is 133 Å². The zero-order valence-corrected chi connectivity index (χ0v) is 13.3. The molecule has 1 amide bonds. The van der Waals surface area contributed by atoms with Crippen LogP contribution in [0.1, 0.15) is 31.9 Å². The topological polar surface area (TPSA) is 46.3 Å². The zero-order valence-electron chi connectivity index (χ0n) is 12.5. The van der Waals surface area contributed by atoms with Crippen LogP contribution in [0.2, 0.25) is 0 Å². The van der Waals surface area contributed by atoms with E-state index in [4.69, 9.17) is 4.42 Å². The summed E-state index contributed by atoms with van der Waals surface area (Å²) in [7, 11) is 0. The van der Waals surface area contributed by atoms with Crippen LogP contribution in [0, 0.1) is 0 Å². The van der Waals surface area contributed by atoms with Crippen molar-refractivity contribution in [3.05, 3.63) is 48.4 Å². The summed E-state index contributed by atoms with van der Waals surface area (Å²) in [5.74, 6) is 0.862. The normalized spacial score (nSPS) is 11.0. The molecule has 4 nitrogen and oxygen atoms in total. The number of rotatable bonds is 6. The smallest absolute Gasteiger partial charge is 0.229 e. The van der Waals surface area contributed by atoms with E-state index in [9.17, 15) is 4.79 Å². The molecular formula is C17H18N2O2S. The third-order valence-electron chi connectivity index (χ3n) is 3.45. The summed E-state index contributed by atoms with van der Waals surface area (Å²) in [4.78, 5) is 18.9. The van der Waals surface area contributed by atoms with E-state index < -0.39 is 0 Å². The van der Waals surface area contributed by atoms with Gasteiger partial charge in [0.2, 0.25) is 5.91 Å². The summed E-state index contributed by atoms with van der Waals surface area (Å²) >= 11 is 1.54. The van der Waals surface area contributed by atoms with E-state index in [0.717, 1.165) is 34.0 Å². The number of benzene rings is 1. The number of amides is 1. The number of aromatic nitrogens is 1. The van der Waals surface area contributed by atoms with Gasteiger partial charge in [0.15, 0.2) is 5.13 Å². The number of unbranched alkanes of at least 4 members (excludes halogenated alkanes) is 1. The van der Waals surface area contributed by atoms with E-state index in [-0.39, 0.29) is 5.91 Å². The molecule has 5 heteroatoms. The lowest BCUT2D eigenvalue weighted by molar-refractivity contribution is -0.118. The average Bonchev–Trinajstić information content (AvgIpc) is 3.18. The fourth-order valence-corrected chi connectivity index (χ4v) is 3.24. The lowest BCUT2D eigenvalue weighted by Crippen LogP contribution is -2.29. The highest BCUT2D eigenvalue weighted by Gasteiger charge is 2.20. The number of fused-ring (bicyclic) bond motifs is 1. The molecule has 0 aliphatic carbocycles. The van der Waals surface area contributed by atoms with Gasteiger partial charge in [0.05, 0.1) is 23.0 Å². The van der Waals surface area contributed by atoms with Crippen LogP contribution in [-0.4, -0.2) is 10.9 Å². The first-order valence-electron chi connectivity index (χ1n) is 7.46. The standard InChI is InChI=1S/C17H18N2O2S/c1-2-3-10-16(20)19(12-13-7-6-11-21-13)17-18-14-8-4-5-9-15(14)22-17/h4-9,11H,2-3,10,12H2,1H3. The number of thiazole rings is 1. The molecule has 3 aromatic rings. The lowest BCUT2D eigenvalue weighted by Gasteiger charge is -2.18. The van der Waals surface area contributed by atoms with E-state index in [0.29, 0.717) is 13.0 Å². The highest BCUT2D eigenvalue weighted by Crippen LogP contribution is 2.30. The summed E-state index contributed by atoms with van der Waals surface area (Å²) in [6.45, 7) is 2.51. The molecule has 0 saturated heterocycles. The molecule has 0 radical (unpaired) electrons. The lowest BCUT2D eigenvalue weighted by atomic mass is 10.2. The Kier molecular flexibility index (Phi) is 4.53. The monoisotopic (exact) mass is 314 g/mol. The molecule has 0 fully saturated rings. The van der Waals surface area contributed by atoms with Crippen molar-refractivity contribution in [2.24, 2.45) is 0 Å². The molecule has 2 aromatic heterocycles. The minimum absolute atomic E-state index is 0.0947. The van der Waals surface area contributed by atoms with Crippen LogP contribution in [0.15, 0.2) is 47.1 Å². The van der Waals surface area contributed by atoms with Crippen LogP contribution in [-0.2, 0) is 11.3 Å². The molecule has 22 heavy (non-hydrogen) atoms. The molecule has 2 heterocycles. The third kappa shape index (κ3) is 3.20. The highest BCUT2D eigenvalue weighted by atomic mass is 32.1. The van der Waals surface area contributed by atoms with E-state index in [1.54, 1.807) is 22.5 Å². The molecule has 0 saturated carbocycles. The predicted molar refractivity (Wildman–Crippen MR) is 89.0 cm³/mol. The van der Waals surface area contributed by atoms with Gasteiger partial charge in [0, 0.05) is 6.42 Å². The summed E-state index contributed by atoms with van der Waals surface area (Å²) < 4.78 is 6.49. The Morgan fingerprint density at radius 2 is 2.14 bits per heavy atom. The molecule has 0 unspecified atom stereocenters. The first-order chi connectivity index (χ1) is 10.8. The number of hydrogen-bond acceptors (Lipinski definition) is 4. The van der Waals surface area contributed by atoms with Crippen LogP contribution >= 0.6 is 11.3 Å². The van der Waals surface area contributed by atoms with Crippen molar-refractivity contribution >= 4 is 32.6 Å². The fraction of sp³-hybridized carbons (Fsp3) is 0.294. The Balaban J connectivity index is 1.90. The van der Waals surface area contributed by atoms with Gasteiger partial charge in [-0.3, -0.25) is 9.69 Å². The summed E-state index contributed by atoms with van der Waals surface area (Å²) in [5.41, 5.74) is 0.926. The summed E-state index contributed by atoms with van der Waals surface area (Å²) in [5, 5.41) is 0.735. The number of furan rings is 1. The van der Waals surface area contributed by atoms with Crippen molar-refractivity contribution in [3.63, 3.8) is 0 Å². The number of carbonyl (C=O) groups is 1. The Morgan fingerprint density at radius 3 is 2.86 bits per heavy atom. The number of anilines is 1. The summed E-state index contributed by atoms with van der Waals surface area (Å²) in [6, 6.07) is 11.7. The Hall–Kier alpha value is -2.14. The quantitative estimate of drug-likeness (QED) is 0.667. The maximum Gasteiger partial charge on any atom is 0.229 e. The molecule has 1 aromatic carbocycles. The first-order valence-corrected chi connectivity index (χ1v) is 8.28. The molecule has 0 N–H and O–H groups in total. The minimum atomic E-state index is 0.0947. The molecule has 0 spiro atoms. The van der Waals surface area contributed by atoms with Crippen molar-refractivity contribution < 1.29 is 9.21 Å². The number of para-hydroxylation sites is 1. The van der Waals surface area contributed by atoms with Crippen molar-refractivity contribution in [3.8, 4) is 0 Å². The van der Waals surface area contributed by atoms with Gasteiger partial charge in [-0.2, -0.15) is 0 Å². The second-order valence-electron chi connectivity index (χ2n) is 5.13. The Bertz CT molecular complexity index is 716. The van der Waals surface area contributed by atoms with E-state index in [1.807, 2.05) is 36.4 Å². The van der Waals surface area contributed by atoms with E-state index in [1.165, 1.54) is 0 Å². The minimum Gasteiger partial charge on any atom is -0.467 e. The predicted octanol–water partition coefficient (Wildman–Crippen LogP) is 4.61. The van der Waals surface area contributed by atoms with Gasteiger partial charge >= 0.3 is 0 Å². The zero-order chi connectivity index (χ0) is 15.4. The van der Waals surface area contributed by atoms with Gasteiger partial charge in [0.1, 0.15) is 5.76 Å². The highest BCUT2D eigenvalue weighted by molar-refractivity contribution is 7.22.